The van der Waals surface area contributed by atoms with E-state index < -0.39 is 5.97 Å². The third kappa shape index (κ3) is 10.5. The molecule has 0 saturated heterocycles. The maximum Gasteiger partial charge on any atom is 2.00 e. The van der Waals surface area contributed by atoms with Crippen LogP contribution in [0.1, 0.15) is 91.2 Å². The summed E-state index contributed by atoms with van der Waals surface area (Å²) in [6.45, 7) is 4.74. The number of H-pyrrole nitrogens is 2. The molecule has 0 radical (unpaired) electrons. The van der Waals surface area contributed by atoms with Crippen molar-refractivity contribution in [1.29, 1.82) is 0 Å². The number of carbonyl (C=O) groups excluding carboxylic acids is 2. The maximum atomic E-state index is 13.6. The fourth-order valence-electron chi connectivity index (χ4n) is 10.1. The number of benzene rings is 3. The zero-order valence-corrected chi connectivity index (χ0v) is 46.4. The number of hydrogen-bond acceptors (Lipinski definition) is 7. The standard InChI is InChI=1S/C66H49N9O3.Zn/c1-66(2)37-55-35-59-45(30-60(75-59)63(42-12-16-44(17-13-42)65(77)78-3)58-29-26-53(73-58)34-50-22-23-54(70-50)36-61(66)74-55)9-8-39-4-6-40(7-5-39)38-67-64(76)43-14-10-41(11-15-43)62-56-27-24-51(71-56)32-48-20-18-46(68-48)31-47-19-21-49(69-47)33-52-25-28-57(62)72-52;/h4-7,10-36H,37-38H2,1-3H3,(H5,67,68,69,70,71,72,73,74,75,76,77);/q;+2/p-2. The second-order valence-corrected chi connectivity index (χ2v) is 20.2. The van der Waals surface area contributed by atoms with E-state index in [1.807, 2.05) is 152 Å². The zero-order valence-electron chi connectivity index (χ0n) is 43.4. The van der Waals surface area contributed by atoms with E-state index in [0.29, 0.717) is 29.1 Å². The largest absolute Gasteiger partial charge is 2.00 e. The number of fused-ring (bicyclic) bond motifs is 16. The summed E-state index contributed by atoms with van der Waals surface area (Å²) >= 11 is 0. The predicted octanol–water partition coefficient (Wildman–Crippen LogP) is 12.7. The third-order valence-electron chi connectivity index (χ3n) is 14.1. The number of esters is 1. The number of allylic oxidation sites excluding steroid dienone is 1. The smallest absolute Gasteiger partial charge is 0.658 e. The zero-order chi connectivity index (χ0) is 52.9. The normalized spacial score (nSPS) is 13.0. The molecule has 0 aliphatic carbocycles. The molecule has 3 N–H and O–H groups in total. The minimum atomic E-state index is -0.409. The van der Waals surface area contributed by atoms with Gasteiger partial charge in [0, 0.05) is 68.5 Å². The molecule has 0 fully saturated rings. The summed E-state index contributed by atoms with van der Waals surface area (Å²) < 4.78 is 5.00. The van der Waals surface area contributed by atoms with Crippen LogP contribution in [-0.4, -0.2) is 48.9 Å². The molecule has 1 amide bonds. The van der Waals surface area contributed by atoms with Gasteiger partial charge in [0.05, 0.1) is 52.4 Å². The van der Waals surface area contributed by atoms with Crippen molar-refractivity contribution in [1.82, 2.24) is 45.2 Å². The van der Waals surface area contributed by atoms with Gasteiger partial charge in [-0.25, -0.2) is 19.7 Å². The summed E-state index contributed by atoms with van der Waals surface area (Å²) in [6, 6.07) is 51.0. The predicted molar refractivity (Wildman–Crippen MR) is 309 cm³/mol. The Balaban J connectivity index is 0.00000623. The van der Waals surface area contributed by atoms with E-state index in [-0.39, 0.29) is 30.8 Å². The maximum absolute atomic E-state index is 13.6. The van der Waals surface area contributed by atoms with Crippen molar-refractivity contribution in [3.05, 3.63) is 226 Å². The molecule has 9 aromatic rings. The first-order chi connectivity index (χ1) is 38.0. The molecule has 4 aliphatic rings. The number of ether oxygens (including phenoxy) is 1. The molecule has 13 rings (SSSR count). The Hall–Kier alpha value is -9.76. The number of aromatic nitrogens is 8. The van der Waals surface area contributed by atoms with Gasteiger partial charge in [0.25, 0.3) is 5.91 Å². The van der Waals surface area contributed by atoms with Gasteiger partial charge in [0.1, 0.15) is 0 Å². The van der Waals surface area contributed by atoms with Gasteiger partial charge in [-0.05, 0) is 131 Å². The summed E-state index contributed by atoms with van der Waals surface area (Å²) in [5.41, 5.74) is 20.0. The number of nitrogens with one attached hydrogen (secondary N) is 3. The molecule has 0 saturated carbocycles. The van der Waals surface area contributed by atoms with Gasteiger partial charge in [-0.3, -0.25) is 9.78 Å². The first-order valence-corrected chi connectivity index (χ1v) is 25.6. The molecular weight excluding hydrogens is 1030 g/mol. The molecule has 13 heteroatoms. The van der Waals surface area contributed by atoms with E-state index in [1.165, 1.54) is 7.11 Å². The molecule has 0 atom stereocenters. The summed E-state index contributed by atoms with van der Waals surface area (Å²) in [4.78, 5) is 63.1. The molecule has 376 valence electrons. The molecule has 0 spiro atoms. The van der Waals surface area contributed by atoms with Crippen molar-refractivity contribution in [2.75, 3.05) is 7.11 Å². The number of carbonyl (C=O) groups is 2. The van der Waals surface area contributed by atoms with Gasteiger partial charge in [-0.2, -0.15) is 0 Å². The Morgan fingerprint density at radius 1 is 0.608 bits per heavy atom. The van der Waals surface area contributed by atoms with Crippen LogP contribution in [0.3, 0.4) is 0 Å². The van der Waals surface area contributed by atoms with Crippen molar-refractivity contribution in [3.63, 3.8) is 0 Å². The fourth-order valence-corrected chi connectivity index (χ4v) is 10.1. The van der Waals surface area contributed by atoms with Gasteiger partial charge in [0.15, 0.2) is 0 Å². The Morgan fingerprint density at radius 2 is 1.24 bits per heavy atom. The van der Waals surface area contributed by atoms with Crippen molar-refractivity contribution in [3.8, 4) is 34.1 Å². The number of methoxy groups -OCH3 is 1. The van der Waals surface area contributed by atoms with Gasteiger partial charge in [0.2, 0.25) is 0 Å². The van der Waals surface area contributed by atoms with Crippen LogP contribution in [0.25, 0.3) is 102 Å². The van der Waals surface area contributed by atoms with E-state index in [2.05, 4.69) is 65.2 Å². The van der Waals surface area contributed by atoms with Crippen LogP contribution in [0.2, 0.25) is 0 Å². The molecular formula is C66H47N9O3Zn. The van der Waals surface area contributed by atoms with Crippen LogP contribution in [0, 0.1) is 11.8 Å². The molecule has 79 heavy (non-hydrogen) atoms. The van der Waals surface area contributed by atoms with Gasteiger partial charge >= 0.3 is 25.4 Å². The van der Waals surface area contributed by atoms with Crippen LogP contribution < -0.4 is 15.3 Å². The first-order valence-electron chi connectivity index (χ1n) is 25.6. The number of hydrogen-bond donors (Lipinski definition) is 3. The summed E-state index contributed by atoms with van der Waals surface area (Å²) in [5, 5.41) is 3.09. The number of rotatable bonds is 6. The number of aromatic amines is 2. The number of amides is 1. The minimum Gasteiger partial charge on any atom is -0.658 e. The van der Waals surface area contributed by atoms with Gasteiger partial charge < -0.3 is 30.0 Å². The average molecular weight is 1080 g/mol. The SMILES string of the molecule is COC(=O)c1ccc(-c2c3nc(cc4nc(cc5ccc(cc6ccc2[nH]6)[nH]5)C(C)(C)C4)C(C#Cc2ccc(CNC(=O)c4ccc(-c5c6nc(cc7ccc(cc8nc(cc9ccc5[n-]9)C=C8)[n-]7)C=C6)cc4)cc2)=C3)cc1.[Zn+2]. The molecule has 3 aromatic carbocycles. The van der Waals surface area contributed by atoms with Crippen molar-refractivity contribution in [2.24, 2.45) is 0 Å². The van der Waals surface area contributed by atoms with Crippen LogP contribution >= 0.6 is 0 Å². The Labute approximate surface area is 467 Å². The van der Waals surface area contributed by atoms with Crippen LogP contribution in [0.4, 0.5) is 0 Å². The van der Waals surface area contributed by atoms with Gasteiger partial charge in [-0.1, -0.05) is 105 Å². The van der Waals surface area contributed by atoms with Crippen molar-refractivity contribution >= 4 is 92.0 Å². The Kier molecular flexibility index (Phi) is 13.1. The second kappa shape index (κ2) is 20.6. The van der Waals surface area contributed by atoms with E-state index in [4.69, 9.17) is 34.6 Å². The molecule has 0 unspecified atom stereocenters. The van der Waals surface area contributed by atoms with E-state index in [9.17, 15) is 9.59 Å². The summed E-state index contributed by atoms with van der Waals surface area (Å²) in [5.74, 6) is 6.23. The fraction of sp³-hybridized carbons (Fsp3) is 0.0909. The quantitative estimate of drug-likeness (QED) is 0.0834. The summed E-state index contributed by atoms with van der Waals surface area (Å²) in [7, 11) is 1.38. The molecule has 10 heterocycles. The molecule has 12 nitrogen and oxygen atoms in total. The Morgan fingerprint density at radius 3 is 1.97 bits per heavy atom. The average Bonchev–Trinajstić information content (AvgIpc) is 4.45. The van der Waals surface area contributed by atoms with Crippen LogP contribution in [0.5, 0.6) is 0 Å². The van der Waals surface area contributed by atoms with Crippen LogP contribution in [-0.2, 0) is 42.6 Å². The minimum absolute atomic E-state index is 0. The van der Waals surface area contributed by atoms with Crippen molar-refractivity contribution in [2.45, 2.75) is 32.2 Å². The van der Waals surface area contributed by atoms with E-state index in [0.717, 1.165) is 124 Å². The topological polar surface area (TPSA) is 167 Å². The molecule has 4 aliphatic heterocycles. The first kappa shape index (κ1) is 50.1. The molecule has 16 bridgehead atoms. The van der Waals surface area contributed by atoms with E-state index >= 15 is 0 Å². The van der Waals surface area contributed by atoms with Gasteiger partial charge in [-0.15, -0.1) is 22.1 Å². The Bertz CT molecular complexity index is 4470. The molecule has 6 aromatic heterocycles. The third-order valence-corrected chi connectivity index (χ3v) is 14.1. The monoisotopic (exact) mass is 1080 g/mol. The summed E-state index contributed by atoms with van der Waals surface area (Å²) in [6.07, 6.45) is 10.7. The second-order valence-electron chi connectivity index (χ2n) is 20.2. The van der Waals surface area contributed by atoms with Crippen LogP contribution in [0.15, 0.2) is 158 Å². The number of nitrogens with zero attached hydrogens (tertiary/aromatic N) is 6. The van der Waals surface area contributed by atoms with E-state index in [1.54, 1.807) is 12.1 Å². The van der Waals surface area contributed by atoms with Crippen molar-refractivity contribution < 1.29 is 33.8 Å².